The van der Waals surface area contributed by atoms with E-state index in [2.05, 4.69) is 25.9 Å². The molecule has 0 radical (unpaired) electrons. The van der Waals surface area contributed by atoms with E-state index in [0.717, 1.165) is 4.80 Å². The minimum Gasteiger partial charge on any atom is -0.480 e. The van der Waals surface area contributed by atoms with Crippen molar-refractivity contribution in [3.8, 4) is 0 Å². The Kier molecular flexibility index (Phi) is 4.03. The van der Waals surface area contributed by atoms with Gasteiger partial charge in [0.05, 0.1) is 0 Å². The van der Waals surface area contributed by atoms with Crippen molar-refractivity contribution < 1.29 is 9.90 Å². The third-order valence-electron chi connectivity index (χ3n) is 1.33. The van der Waals surface area contributed by atoms with Crippen molar-refractivity contribution in [3.05, 3.63) is 5.82 Å². The SMILES string of the molecule is CN/N=C(\SC)c1nnn(CC(=O)O)n1. The number of rotatable bonds is 4. The van der Waals surface area contributed by atoms with E-state index in [0.29, 0.717) is 10.9 Å². The highest BCUT2D eigenvalue weighted by Gasteiger charge is 2.11. The first-order valence-electron chi connectivity index (χ1n) is 3.95. The normalized spacial score (nSPS) is 11.5. The summed E-state index contributed by atoms with van der Waals surface area (Å²) < 4.78 is 0. The number of nitrogens with zero attached hydrogens (tertiary/aromatic N) is 5. The summed E-state index contributed by atoms with van der Waals surface area (Å²) in [7, 11) is 1.65. The molecule has 1 heterocycles. The van der Waals surface area contributed by atoms with Crippen LogP contribution < -0.4 is 5.43 Å². The molecule has 1 rings (SSSR count). The number of carbonyl (C=O) groups is 1. The van der Waals surface area contributed by atoms with E-state index in [1.54, 1.807) is 7.05 Å². The van der Waals surface area contributed by atoms with Gasteiger partial charge in [0, 0.05) is 7.05 Å². The van der Waals surface area contributed by atoms with Crippen LogP contribution in [-0.2, 0) is 11.3 Å². The molecule has 0 spiro atoms. The Balaban J connectivity index is 2.82. The average molecular weight is 230 g/mol. The predicted octanol–water partition coefficient (Wildman–Crippen LogP) is -0.998. The smallest absolute Gasteiger partial charge is 0.327 e. The molecule has 82 valence electrons. The van der Waals surface area contributed by atoms with Crippen molar-refractivity contribution >= 4 is 22.8 Å². The van der Waals surface area contributed by atoms with Crippen molar-refractivity contribution in [2.45, 2.75) is 6.54 Å². The molecule has 0 aliphatic carbocycles. The first kappa shape index (κ1) is 11.4. The maximum Gasteiger partial charge on any atom is 0.327 e. The Morgan fingerprint density at radius 2 is 2.47 bits per heavy atom. The van der Waals surface area contributed by atoms with E-state index in [9.17, 15) is 4.79 Å². The van der Waals surface area contributed by atoms with Crippen LogP contribution in [0.15, 0.2) is 5.10 Å². The van der Waals surface area contributed by atoms with Crippen molar-refractivity contribution in [1.29, 1.82) is 0 Å². The van der Waals surface area contributed by atoms with Crippen molar-refractivity contribution in [2.75, 3.05) is 13.3 Å². The number of carboxylic acids is 1. The van der Waals surface area contributed by atoms with Crippen LogP contribution in [0.4, 0.5) is 0 Å². The maximum atomic E-state index is 10.4. The van der Waals surface area contributed by atoms with Crippen LogP contribution in [0, 0.1) is 0 Å². The zero-order chi connectivity index (χ0) is 11.3. The lowest BCUT2D eigenvalue weighted by Gasteiger charge is -1.95. The largest absolute Gasteiger partial charge is 0.480 e. The van der Waals surface area contributed by atoms with Crippen LogP contribution in [-0.4, -0.2) is 49.6 Å². The molecule has 0 atom stereocenters. The summed E-state index contributed by atoms with van der Waals surface area (Å²) in [4.78, 5) is 11.4. The van der Waals surface area contributed by atoms with Crippen LogP contribution >= 0.6 is 11.8 Å². The molecule has 0 bridgehead atoms. The molecule has 0 aliphatic heterocycles. The Hall–Kier alpha value is -1.64. The second kappa shape index (κ2) is 5.29. The number of thioether (sulfide) groups is 1. The second-order valence-corrected chi connectivity index (χ2v) is 3.18. The van der Waals surface area contributed by atoms with Crippen LogP contribution in [0.2, 0.25) is 0 Å². The molecule has 2 N–H and O–H groups in total. The molecular weight excluding hydrogens is 220 g/mol. The molecule has 0 aliphatic rings. The molecule has 15 heavy (non-hydrogen) atoms. The summed E-state index contributed by atoms with van der Waals surface area (Å²) in [5, 5.41) is 24.1. The summed E-state index contributed by atoms with van der Waals surface area (Å²) in [6.07, 6.45) is 1.81. The number of hydrogen-bond donors (Lipinski definition) is 2. The summed E-state index contributed by atoms with van der Waals surface area (Å²) in [6.45, 7) is -0.311. The summed E-state index contributed by atoms with van der Waals surface area (Å²) in [6, 6.07) is 0. The zero-order valence-corrected chi connectivity index (χ0v) is 9.02. The van der Waals surface area contributed by atoms with Gasteiger partial charge in [-0.3, -0.25) is 4.79 Å². The highest BCUT2D eigenvalue weighted by atomic mass is 32.2. The summed E-state index contributed by atoms with van der Waals surface area (Å²) in [5.41, 5.74) is 2.60. The third-order valence-corrected chi connectivity index (χ3v) is 1.99. The maximum absolute atomic E-state index is 10.4. The minimum absolute atomic E-state index is 0.304. The van der Waals surface area contributed by atoms with Crippen LogP contribution in [0.25, 0.3) is 0 Å². The van der Waals surface area contributed by atoms with Gasteiger partial charge in [0.15, 0.2) is 11.6 Å². The molecule has 0 aromatic carbocycles. The number of carboxylic acid groups (broad SMARTS) is 1. The minimum atomic E-state index is -1.02. The fourth-order valence-electron chi connectivity index (χ4n) is 0.805. The molecule has 0 saturated carbocycles. The number of nitrogens with one attached hydrogen (secondary N) is 1. The van der Waals surface area contributed by atoms with Crippen LogP contribution in [0.5, 0.6) is 0 Å². The third kappa shape index (κ3) is 3.20. The lowest BCUT2D eigenvalue weighted by Crippen LogP contribution is -2.12. The van der Waals surface area contributed by atoms with Gasteiger partial charge in [-0.2, -0.15) is 9.90 Å². The van der Waals surface area contributed by atoms with Crippen LogP contribution in [0.1, 0.15) is 5.82 Å². The van der Waals surface area contributed by atoms with Crippen molar-refractivity contribution in [3.63, 3.8) is 0 Å². The Bertz CT molecular complexity index is 375. The number of hydrogen-bond acceptors (Lipinski definition) is 7. The van der Waals surface area contributed by atoms with E-state index in [4.69, 9.17) is 5.11 Å². The Labute approximate surface area is 89.7 Å². The Morgan fingerprint density at radius 1 is 1.73 bits per heavy atom. The van der Waals surface area contributed by atoms with E-state index in [-0.39, 0.29) is 6.54 Å². The van der Waals surface area contributed by atoms with Gasteiger partial charge in [-0.15, -0.1) is 22.0 Å². The first-order chi connectivity index (χ1) is 7.17. The average Bonchev–Trinajstić information content (AvgIpc) is 2.61. The fraction of sp³-hybridized carbons (Fsp3) is 0.500. The molecule has 8 nitrogen and oxygen atoms in total. The van der Waals surface area contributed by atoms with Gasteiger partial charge in [-0.25, -0.2) is 0 Å². The predicted molar refractivity (Wildman–Crippen MR) is 54.6 cm³/mol. The van der Waals surface area contributed by atoms with E-state index in [1.807, 2.05) is 6.26 Å². The molecule has 9 heteroatoms. The van der Waals surface area contributed by atoms with Gasteiger partial charge >= 0.3 is 5.97 Å². The van der Waals surface area contributed by atoms with E-state index >= 15 is 0 Å². The number of hydrazone groups is 1. The first-order valence-corrected chi connectivity index (χ1v) is 5.18. The second-order valence-electron chi connectivity index (χ2n) is 2.38. The topological polar surface area (TPSA) is 105 Å². The zero-order valence-electron chi connectivity index (χ0n) is 8.21. The number of aromatic nitrogens is 4. The quantitative estimate of drug-likeness (QED) is 0.388. The van der Waals surface area contributed by atoms with Crippen LogP contribution in [0.3, 0.4) is 0 Å². The monoisotopic (exact) mass is 230 g/mol. The highest BCUT2D eigenvalue weighted by Crippen LogP contribution is 2.03. The molecule has 1 aromatic rings. The number of aliphatic carboxylic acids is 1. The molecule has 1 aromatic heterocycles. The summed E-state index contributed by atoms with van der Waals surface area (Å²) in [5.74, 6) is -0.715. The van der Waals surface area contributed by atoms with Crippen molar-refractivity contribution in [1.82, 2.24) is 25.6 Å². The van der Waals surface area contributed by atoms with Gasteiger partial charge < -0.3 is 10.5 Å². The fourth-order valence-corrected chi connectivity index (χ4v) is 1.25. The number of tetrazole rings is 1. The van der Waals surface area contributed by atoms with Crippen molar-refractivity contribution in [2.24, 2.45) is 5.10 Å². The Morgan fingerprint density at radius 3 is 3.00 bits per heavy atom. The van der Waals surface area contributed by atoms with E-state index in [1.165, 1.54) is 11.8 Å². The molecule has 0 amide bonds. The van der Waals surface area contributed by atoms with Gasteiger partial charge in [0.2, 0.25) is 5.82 Å². The van der Waals surface area contributed by atoms with E-state index < -0.39 is 5.97 Å². The molecule has 0 saturated heterocycles. The highest BCUT2D eigenvalue weighted by molar-refractivity contribution is 8.13. The lowest BCUT2D eigenvalue weighted by atomic mass is 10.7. The van der Waals surface area contributed by atoms with Gasteiger partial charge in [0.25, 0.3) is 0 Å². The summed E-state index contributed by atoms with van der Waals surface area (Å²) >= 11 is 1.34. The molecule has 0 unspecified atom stereocenters. The molecule has 0 fully saturated rings. The lowest BCUT2D eigenvalue weighted by molar-refractivity contribution is -0.138. The standard InChI is InChI=1S/C6H10N6O2S/c1-7-9-6(15-2)5-8-11-12(10-5)3-4(13)14/h7H,3H2,1-2H3,(H,13,14)/b9-6-. The van der Waals surface area contributed by atoms with Gasteiger partial charge in [-0.05, 0) is 11.5 Å². The molecular formula is C6H10N6O2S. The van der Waals surface area contributed by atoms with Gasteiger partial charge in [-0.1, -0.05) is 0 Å². The van der Waals surface area contributed by atoms with Gasteiger partial charge in [0.1, 0.15) is 0 Å².